The molecule has 254 valence electrons. The predicted molar refractivity (Wildman–Crippen MR) is 181 cm³/mol. The van der Waals surface area contributed by atoms with Crippen molar-refractivity contribution in [1.29, 1.82) is 0 Å². The van der Waals surface area contributed by atoms with Crippen LogP contribution in [-0.2, 0) is 56.1 Å². The molecule has 0 spiro atoms. The smallest absolute Gasteiger partial charge is 0.657 e. The topological polar surface area (TPSA) is 153 Å². The first-order chi connectivity index (χ1) is 22.8. The van der Waals surface area contributed by atoms with Gasteiger partial charge in [0.1, 0.15) is 0 Å². The van der Waals surface area contributed by atoms with Crippen molar-refractivity contribution in [2.45, 2.75) is 85.2 Å². The van der Waals surface area contributed by atoms with Gasteiger partial charge in [-0.1, -0.05) is 42.7 Å². The van der Waals surface area contributed by atoms with Crippen LogP contribution in [0.2, 0.25) is 0 Å². The van der Waals surface area contributed by atoms with E-state index in [1.807, 2.05) is 45.9 Å². The van der Waals surface area contributed by atoms with Crippen molar-refractivity contribution < 1.29 is 53.2 Å². The van der Waals surface area contributed by atoms with Crippen LogP contribution in [0.1, 0.15) is 108 Å². The first-order valence-electron chi connectivity index (χ1n) is 16.1. The first kappa shape index (κ1) is 37.7. The Labute approximate surface area is 298 Å². The molecule has 11 nitrogen and oxygen atoms in total. The van der Waals surface area contributed by atoms with E-state index in [-0.39, 0.29) is 61.2 Å². The van der Waals surface area contributed by atoms with Crippen LogP contribution >= 0.6 is 0 Å². The van der Waals surface area contributed by atoms with Crippen LogP contribution in [0, 0.1) is 13.8 Å². The molecule has 5 heterocycles. The van der Waals surface area contributed by atoms with E-state index in [4.69, 9.17) is 34.1 Å². The molecule has 2 aliphatic rings. The minimum absolute atomic E-state index is 0. The van der Waals surface area contributed by atoms with Crippen molar-refractivity contribution in [2.24, 2.45) is 0 Å². The Hall–Kier alpha value is -4.15. The number of fused-ring (bicyclic) bond motifs is 8. The van der Waals surface area contributed by atoms with E-state index in [2.05, 4.69) is 0 Å². The van der Waals surface area contributed by atoms with Gasteiger partial charge in [0.15, 0.2) is 0 Å². The fraction of sp³-hybridized carbons (Fsp3) is 0.432. The molecular formula is C37H42N4O7Zn. The minimum Gasteiger partial charge on any atom is -0.657 e. The van der Waals surface area contributed by atoms with E-state index in [9.17, 15) is 19.5 Å². The standard InChI is InChI=1S/C37H43N4O7.Zn/c1-10-22-17(2)25-16-30-33(21(6)42)19(4)27(39-30)14-26-18(3)23(11-12-31(43)46-7)35(40-26)24(13-32(44)47-8)36-34(37(45)48-9)20(5)28(41-36)15-29(22)38-25;/h14-16,18,21,23,42H,10-13H2,1-9H3,(H-,38,39,40,41,45);/q-1;+2/p-1/t18-,21?,23-;/m0./s1. The number of methoxy groups -OCH3 is 3. The quantitative estimate of drug-likeness (QED) is 0.181. The molecule has 3 aromatic rings. The zero-order valence-electron chi connectivity index (χ0n) is 29.7. The van der Waals surface area contributed by atoms with Gasteiger partial charge in [-0.2, -0.15) is 0 Å². The summed E-state index contributed by atoms with van der Waals surface area (Å²) in [6, 6.07) is 5.64. The molecule has 0 saturated carbocycles. The number of nitrogens with zero attached hydrogens (tertiary/aromatic N) is 4. The molecule has 12 heteroatoms. The summed E-state index contributed by atoms with van der Waals surface area (Å²) in [7, 11) is 3.94. The molecule has 0 amide bonds. The first-order valence-corrected chi connectivity index (χ1v) is 16.1. The van der Waals surface area contributed by atoms with E-state index in [0.717, 1.165) is 22.2 Å². The van der Waals surface area contributed by atoms with E-state index >= 15 is 0 Å². The van der Waals surface area contributed by atoms with Gasteiger partial charge in [-0.15, -0.1) is 22.1 Å². The van der Waals surface area contributed by atoms with Crippen LogP contribution < -0.4 is 9.97 Å². The van der Waals surface area contributed by atoms with E-state index in [0.29, 0.717) is 63.4 Å². The molecule has 3 atom stereocenters. The molecule has 0 radical (unpaired) electrons. The summed E-state index contributed by atoms with van der Waals surface area (Å²) in [5, 5.41) is 10.9. The largest absolute Gasteiger partial charge is 2.00 e. The summed E-state index contributed by atoms with van der Waals surface area (Å²) in [6.45, 7) is 11.5. The summed E-state index contributed by atoms with van der Waals surface area (Å²) in [5.41, 5.74) is 9.34. The van der Waals surface area contributed by atoms with Gasteiger partial charge in [0, 0.05) is 40.8 Å². The Balaban J connectivity index is 0.00000541. The number of aliphatic hydroxyl groups is 1. The second-order valence-corrected chi connectivity index (χ2v) is 12.4. The second kappa shape index (κ2) is 15.2. The number of allylic oxidation sites excluding steroid dienone is 1. The van der Waals surface area contributed by atoms with Crippen molar-refractivity contribution in [3.05, 3.63) is 68.8 Å². The zero-order chi connectivity index (χ0) is 35.0. The van der Waals surface area contributed by atoms with E-state index < -0.39 is 18.0 Å². The molecular weight excluding hydrogens is 678 g/mol. The summed E-state index contributed by atoms with van der Waals surface area (Å²) in [5.74, 6) is -2.08. The van der Waals surface area contributed by atoms with Gasteiger partial charge in [0.25, 0.3) is 0 Å². The summed E-state index contributed by atoms with van der Waals surface area (Å²) in [4.78, 5) is 58.8. The van der Waals surface area contributed by atoms with Crippen molar-refractivity contribution in [3.63, 3.8) is 0 Å². The van der Waals surface area contributed by atoms with Crippen molar-refractivity contribution >= 4 is 51.1 Å². The van der Waals surface area contributed by atoms with Gasteiger partial charge in [-0.25, -0.2) is 9.78 Å². The number of aliphatic hydroxyl groups excluding tert-OH is 1. The molecule has 1 unspecified atom stereocenters. The maximum absolute atomic E-state index is 13.4. The number of carbonyl (C=O) groups is 3. The zero-order valence-corrected chi connectivity index (χ0v) is 32.7. The van der Waals surface area contributed by atoms with Gasteiger partial charge >= 0.3 is 37.4 Å². The normalized spacial score (nSPS) is 16.2. The number of carbonyl (C=O) groups excluding carboxylic acids is 3. The van der Waals surface area contributed by atoms with Gasteiger partial charge < -0.3 is 29.3 Å². The summed E-state index contributed by atoms with van der Waals surface area (Å²) in [6.07, 6.45) is 0.164. The van der Waals surface area contributed by atoms with Crippen LogP contribution in [0.5, 0.6) is 0 Å². The molecule has 0 aliphatic carbocycles. The summed E-state index contributed by atoms with van der Waals surface area (Å²) < 4.78 is 15.3. The number of hydrogen-bond donors (Lipinski definition) is 1. The van der Waals surface area contributed by atoms with Gasteiger partial charge in [0.2, 0.25) is 0 Å². The number of rotatable bonds is 8. The van der Waals surface area contributed by atoms with Crippen molar-refractivity contribution in [1.82, 2.24) is 19.9 Å². The molecule has 1 N–H and O–H groups in total. The maximum atomic E-state index is 13.4. The molecule has 8 bridgehead atoms. The molecule has 2 aliphatic heterocycles. The third-order valence-electron chi connectivity index (χ3n) is 9.61. The number of hydrogen-bond acceptors (Lipinski definition) is 9. The monoisotopic (exact) mass is 718 g/mol. The Bertz CT molecular complexity index is 2010. The van der Waals surface area contributed by atoms with Crippen LogP contribution in [0.3, 0.4) is 0 Å². The van der Waals surface area contributed by atoms with Crippen molar-refractivity contribution in [2.75, 3.05) is 21.3 Å². The second-order valence-electron chi connectivity index (χ2n) is 12.4. The Morgan fingerprint density at radius 1 is 0.878 bits per heavy atom. The van der Waals surface area contributed by atoms with Gasteiger partial charge in [0.05, 0.1) is 45.2 Å². The van der Waals surface area contributed by atoms with E-state index in [1.165, 1.54) is 21.3 Å². The van der Waals surface area contributed by atoms with Crippen LogP contribution in [0.25, 0.3) is 33.2 Å². The SMILES string of the molecule is CCc1c(C)c2cc3nc(cc4nc(c(CC(=O)OC)c5[n-]c(cc1[n-]2)c(C)c5C(=O)OC)[C@@H](CCC(=O)OC)[C@@H]4C)C(C)=C3C(C)O.[Zn+2]. The van der Waals surface area contributed by atoms with Gasteiger partial charge in [-0.05, 0) is 57.7 Å². The van der Waals surface area contributed by atoms with E-state index in [1.54, 1.807) is 13.8 Å². The average molecular weight is 720 g/mol. The molecule has 5 rings (SSSR count). The average Bonchev–Trinajstić information content (AvgIpc) is 3.74. The van der Waals surface area contributed by atoms with Crippen LogP contribution in [-0.4, -0.2) is 60.4 Å². The number of aromatic nitrogens is 4. The number of ether oxygens (including phenoxy) is 3. The molecule has 3 aromatic heterocycles. The molecule has 0 fully saturated rings. The van der Waals surface area contributed by atoms with Crippen LogP contribution in [0.15, 0.2) is 18.2 Å². The third kappa shape index (κ3) is 6.99. The Morgan fingerprint density at radius 2 is 1.55 bits per heavy atom. The Morgan fingerprint density at radius 3 is 2.16 bits per heavy atom. The van der Waals surface area contributed by atoms with Gasteiger partial charge in [-0.3, -0.25) is 14.6 Å². The summed E-state index contributed by atoms with van der Waals surface area (Å²) >= 11 is 0. The number of aryl methyl sites for hydroxylation is 3. The minimum atomic E-state index is -0.788. The fourth-order valence-electron chi connectivity index (χ4n) is 6.89. The molecule has 0 saturated heterocycles. The third-order valence-corrected chi connectivity index (χ3v) is 9.61. The van der Waals surface area contributed by atoms with Crippen molar-refractivity contribution in [3.8, 4) is 0 Å². The fourth-order valence-corrected chi connectivity index (χ4v) is 6.89. The molecule has 0 aromatic carbocycles. The predicted octanol–water partition coefficient (Wildman–Crippen LogP) is 5.40. The Kier molecular flexibility index (Phi) is 11.7. The van der Waals surface area contributed by atoms with Crippen LogP contribution in [0.4, 0.5) is 0 Å². The number of esters is 3. The molecule has 49 heavy (non-hydrogen) atoms. The maximum Gasteiger partial charge on any atom is 2.00 e.